The van der Waals surface area contributed by atoms with E-state index >= 15 is 0 Å². The summed E-state index contributed by atoms with van der Waals surface area (Å²) in [5, 5.41) is 4.32. The number of carbonyl (C=O) groups is 2. The zero-order valence-electron chi connectivity index (χ0n) is 18.6. The summed E-state index contributed by atoms with van der Waals surface area (Å²) in [4.78, 5) is 42.0. The van der Waals surface area contributed by atoms with E-state index in [4.69, 9.17) is 0 Å². The first-order valence-corrected chi connectivity index (χ1v) is 11.4. The van der Waals surface area contributed by atoms with E-state index in [9.17, 15) is 14.4 Å². The average Bonchev–Trinajstić information content (AvgIpc) is 3.18. The van der Waals surface area contributed by atoms with Crippen LogP contribution in [0.2, 0.25) is 0 Å². The Kier molecular flexibility index (Phi) is 5.54. The molecule has 0 fully saturated rings. The lowest BCUT2D eigenvalue weighted by Gasteiger charge is -2.29. The van der Waals surface area contributed by atoms with Crippen molar-refractivity contribution >= 4 is 17.5 Å². The number of amides is 2. The number of aromatic nitrogens is 2. The number of anilines is 1. The fourth-order valence-electron chi connectivity index (χ4n) is 4.79. The molecule has 0 aliphatic carbocycles. The fraction of sp³-hybridized carbons (Fsp3) is 0.308. The molecule has 0 bridgehead atoms. The summed E-state index contributed by atoms with van der Waals surface area (Å²) >= 11 is 0. The molecule has 2 aromatic carbocycles. The molecule has 0 unspecified atom stereocenters. The van der Waals surface area contributed by atoms with Gasteiger partial charge in [0.1, 0.15) is 5.69 Å². The van der Waals surface area contributed by atoms with Crippen LogP contribution in [0.4, 0.5) is 5.69 Å². The highest BCUT2D eigenvalue weighted by Crippen LogP contribution is 2.32. The molecule has 168 valence electrons. The highest BCUT2D eigenvalue weighted by Gasteiger charge is 2.32. The molecule has 0 spiro atoms. The van der Waals surface area contributed by atoms with Crippen molar-refractivity contribution in [2.24, 2.45) is 0 Å². The van der Waals surface area contributed by atoms with Crippen LogP contribution >= 0.6 is 0 Å². The number of para-hydroxylation sites is 1. The van der Waals surface area contributed by atoms with Crippen molar-refractivity contribution < 1.29 is 9.59 Å². The third kappa shape index (κ3) is 4.06. The van der Waals surface area contributed by atoms with E-state index in [1.165, 1.54) is 27.9 Å². The van der Waals surface area contributed by atoms with Crippen molar-refractivity contribution in [3.63, 3.8) is 0 Å². The highest BCUT2D eigenvalue weighted by molar-refractivity contribution is 6.06. The Hall–Kier alpha value is -3.74. The van der Waals surface area contributed by atoms with Crippen LogP contribution in [0.1, 0.15) is 40.5 Å². The third-order valence-corrected chi connectivity index (χ3v) is 6.53. The molecule has 7 heteroatoms. The number of hydrogen-bond donors (Lipinski definition) is 0. The van der Waals surface area contributed by atoms with Crippen molar-refractivity contribution in [1.29, 1.82) is 0 Å². The van der Waals surface area contributed by atoms with Crippen LogP contribution in [0.15, 0.2) is 65.5 Å². The maximum absolute atomic E-state index is 13.3. The molecule has 3 aromatic rings. The molecule has 0 saturated heterocycles. The van der Waals surface area contributed by atoms with Gasteiger partial charge in [0.25, 0.3) is 11.5 Å². The second-order valence-electron chi connectivity index (χ2n) is 8.72. The fourth-order valence-corrected chi connectivity index (χ4v) is 4.79. The second kappa shape index (κ2) is 8.65. The Bertz CT molecular complexity index is 1280. The molecule has 0 N–H and O–H groups in total. The van der Waals surface area contributed by atoms with Crippen molar-refractivity contribution in [1.82, 2.24) is 14.7 Å². The Morgan fingerprint density at radius 2 is 1.70 bits per heavy atom. The molecule has 5 rings (SSSR count). The van der Waals surface area contributed by atoms with Gasteiger partial charge in [0, 0.05) is 37.3 Å². The Labute approximate surface area is 192 Å². The number of fused-ring (bicyclic) bond motifs is 2. The normalized spacial score (nSPS) is 16.9. The van der Waals surface area contributed by atoms with Crippen LogP contribution in [0.5, 0.6) is 0 Å². The van der Waals surface area contributed by atoms with E-state index in [1.807, 2.05) is 54.3 Å². The molecule has 3 heterocycles. The van der Waals surface area contributed by atoms with Crippen molar-refractivity contribution in [3.05, 3.63) is 93.4 Å². The molecule has 2 amide bonds. The summed E-state index contributed by atoms with van der Waals surface area (Å²) in [6.07, 6.45) is 1.78. The van der Waals surface area contributed by atoms with Crippen molar-refractivity contribution in [2.75, 3.05) is 11.4 Å². The minimum Gasteiger partial charge on any atom is -0.338 e. The van der Waals surface area contributed by atoms with Crippen LogP contribution < -0.4 is 10.5 Å². The Morgan fingerprint density at radius 3 is 2.52 bits per heavy atom. The standard InChI is InChI=1S/C26H26N4O3/c1-18-16-20-7-4-5-9-23(20)30(18)26(33)22-10-11-25(32)29(27-22)15-13-24(31)28-14-12-19-6-2-3-8-21(19)17-28/h2-11,18H,12-17H2,1H3/t18-/m1/s1. The van der Waals surface area contributed by atoms with Gasteiger partial charge in [-0.15, -0.1) is 0 Å². The largest absolute Gasteiger partial charge is 0.338 e. The molecular formula is C26H26N4O3. The summed E-state index contributed by atoms with van der Waals surface area (Å²) in [6.45, 7) is 3.40. The predicted octanol–water partition coefficient (Wildman–Crippen LogP) is 2.81. The van der Waals surface area contributed by atoms with E-state index in [-0.39, 0.29) is 42.1 Å². The monoisotopic (exact) mass is 442 g/mol. The summed E-state index contributed by atoms with van der Waals surface area (Å²) in [7, 11) is 0. The van der Waals surface area contributed by atoms with Crippen LogP contribution in [0.3, 0.4) is 0 Å². The average molecular weight is 443 g/mol. The van der Waals surface area contributed by atoms with Gasteiger partial charge in [-0.1, -0.05) is 42.5 Å². The smallest absolute Gasteiger partial charge is 0.278 e. The lowest BCUT2D eigenvalue weighted by molar-refractivity contribution is -0.132. The number of carbonyl (C=O) groups excluding carboxylic acids is 2. The number of benzene rings is 2. The molecule has 7 nitrogen and oxygen atoms in total. The Balaban J connectivity index is 1.29. The minimum absolute atomic E-state index is 0.0145. The van der Waals surface area contributed by atoms with Gasteiger partial charge in [-0.2, -0.15) is 5.10 Å². The van der Waals surface area contributed by atoms with Gasteiger partial charge >= 0.3 is 0 Å². The van der Waals surface area contributed by atoms with Gasteiger partial charge in [-0.3, -0.25) is 14.4 Å². The van der Waals surface area contributed by atoms with Crippen molar-refractivity contribution in [2.45, 2.75) is 45.3 Å². The van der Waals surface area contributed by atoms with Crippen LogP contribution in [0.25, 0.3) is 0 Å². The molecule has 2 aliphatic rings. The quantitative estimate of drug-likeness (QED) is 0.623. The van der Waals surface area contributed by atoms with Crippen molar-refractivity contribution in [3.8, 4) is 0 Å². The van der Waals surface area contributed by atoms with Gasteiger partial charge in [-0.05, 0) is 48.6 Å². The molecule has 33 heavy (non-hydrogen) atoms. The zero-order chi connectivity index (χ0) is 22.9. The molecular weight excluding hydrogens is 416 g/mol. The molecule has 0 saturated carbocycles. The number of rotatable bonds is 4. The van der Waals surface area contributed by atoms with Crippen LogP contribution in [-0.2, 0) is 30.7 Å². The van der Waals surface area contributed by atoms with E-state index < -0.39 is 0 Å². The van der Waals surface area contributed by atoms with Crippen LogP contribution in [-0.4, -0.2) is 39.1 Å². The minimum atomic E-state index is -0.321. The number of hydrogen-bond acceptors (Lipinski definition) is 4. The zero-order valence-corrected chi connectivity index (χ0v) is 18.6. The molecule has 1 aromatic heterocycles. The summed E-state index contributed by atoms with van der Waals surface area (Å²) in [5.74, 6) is -0.253. The lowest BCUT2D eigenvalue weighted by atomic mass is 10.00. The first-order valence-electron chi connectivity index (χ1n) is 11.4. The second-order valence-corrected chi connectivity index (χ2v) is 8.72. The first-order chi connectivity index (χ1) is 16.0. The molecule has 0 radical (unpaired) electrons. The van der Waals surface area contributed by atoms with Crippen LogP contribution in [0, 0.1) is 0 Å². The number of nitrogens with zero attached hydrogens (tertiary/aromatic N) is 4. The summed E-state index contributed by atoms with van der Waals surface area (Å²) < 4.78 is 1.23. The van der Waals surface area contributed by atoms with Gasteiger partial charge in [0.05, 0.1) is 6.54 Å². The predicted molar refractivity (Wildman–Crippen MR) is 125 cm³/mol. The SMILES string of the molecule is C[C@@H]1Cc2ccccc2N1C(=O)c1ccc(=O)n(CCC(=O)N2CCc3ccccc3C2)n1. The van der Waals surface area contributed by atoms with Gasteiger partial charge in [0.15, 0.2) is 0 Å². The van der Waals surface area contributed by atoms with E-state index in [1.54, 1.807) is 4.90 Å². The van der Waals surface area contributed by atoms with E-state index in [0.29, 0.717) is 13.1 Å². The summed E-state index contributed by atoms with van der Waals surface area (Å²) in [5.41, 5.74) is 4.34. The summed E-state index contributed by atoms with van der Waals surface area (Å²) in [6, 6.07) is 18.8. The third-order valence-electron chi connectivity index (χ3n) is 6.53. The lowest BCUT2D eigenvalue weighted by Crippen LogP contribution is -2.38. The van der Waals surface area contributed by atoms with E-state index in [0.717, 1.165) is 24.1 Å². The maximum Gasteiger partial charge on any atom is 0.278 e. The highest BCUT2D eigenvalue weighted by atomic mass is 16.2. The van der Waals surface area contributed by atoms with E-state index in [2.05, 4.69) is 11.2 Å². The topological polar surface area (TPSA) is 75.5 Å². The van der Waals surface area contributed by atoms with Gasteiger partial charge < -0.3 is 9.80 Å². The number of aryl methyl sites for hydroxylation is 1. The van der Waals surface area contributed by atoms with Gasteiger partial charge in [0.2, 0.25) is 5.91 Å². The Morgan fingerprint density at radius 1 is 0.970 bits per heavy atom. The first kappa shape index (κ1) is 21.1. The molecule has 1 atom stereocenters. The molecule has 2 aliphatic heterocycles. The maximum atomic E-state index is 13.3. The van der Waals surface area contributed by atoms with Gasteiger partial charge in [-0.25, -0.2) is 4.68 Å².